The Balaban J connectivity index is 1.61. The highest BCUT2D eigenvalue weighted by Crippen LogP contribution is 2.26. The third-order valence-electron chi connectivity index (χ3n) is 4.35. The lowest BCUT2D eigenvalue weighted by atomic mass is 10.0. The number of hydrogen-bond donors (Lipinski definition) is 2. The van der Waals surface area contributed by atoms with Crippen LogP contribution in [0.2, 0.25) is 0 Å². The fourth-order valence-corrected chi connectivity index (χ4v) is 2.90. The van der Waals surface area contributed by atoms with E-state index in [1.807, 2.05) is 24.3 Å². The van der Waals surface area contributed by atoms with Gasteiger partial charge in [-0.3, -0.25) is 4.79 Å². The van der Waals surface area contributed by atoms with E-state index in [-0.39, 0.29) is 11.8 Å². The number of rotatable bonds is 3. The Bertz CT molecular complexity index is 1070. The van der Waals surface area contributed by atoms with Crippen molar-refractivity contribution in [2.45, 2.75) is 12.8 Å². The van der Waals surface area contributed by atoms with Gasteiger partial charge in [0.15, 0.2) is 0 Å². The van der Waals surface area contributed by atoms with Gasteiger partial charge in [-0.05, 0) is 29.8 Å². The molecule has 0 saturated carbocycles. The van der Waals surface area contributed by atoms with Crippen LogP contribution in [0.15, 0.2) is 59.7 Å². The minimum atomic E-state index is -0.0767. The van der Waals surface area contributed by atoms with Gasteiger partial charge in [0, 0.05) is 24.5 Å². The molecule has 27 heavy (non-hydrogen) atoms. The van der Waals surface area contributed by atoms with Crippen molar-refractivity contribution in [1.82, 2.24) is 15.2 Å². The lowest BCUT2D eigenvalue weighted by Gasteiger charge is -2.12. The van der Waals surface area contributed by atoms with Crippen molar-refractivity contribution in [2.75, 3.05) is 0 Å². The summed E-state index contributed by atoms with van der Waals surface area (Å²) in [5, 5.41) is 27.7. The predicted molar refractivity (Wildman–Crippen MR) is 99.3 cm³/mol. The molecule has 132 valence electrons. The molecule has 1 aromatic heterocycles. The van der Waals surface area contributed by atoms with Crippen LogP contribution in [-0.4, -0.2) is 26.5 Å². The molecule has 3 aromatic rings. The maximum atomic E-state index is 11.2. The molecule has 0 saturated heterocycles. The summed E-state index contributed by atoms with van der Waals surface area (Å²) in [5.74, 6) is -0.0588. The van der Waals surface area contributed by atoms with E-state index in [2.05, 4.69) is 21.7 Å². The second-order valence-electron chi connectivity index (χ2n) is 6.13. The quantitative estimate of drug-likeness (QED) is 0.752. The second-order valence-corrected chi connectivity index (χ2v) is 6.13. The molecule has 0 atom stereocenters. The van der Waals surface area contributed by atoms with Gasteiger partial charge in [-0.2, -0.15) is 15.5 Å². The molecule has 1 amide bonds. The van der Waals surface area contributed by atoms with Gasteiger partial charge in [-0.15, -0.1) is 0 Å². The van der Waals surface area contributed by atoms with Crippen LogP contribution in [0.4, 0.5) is 0 Å². The zero-order chi connectivity index (χ0) is 18.8. The standard InChI is InChI=1S/C20H15N5O2/c21-12-13-1-3-15(4-2-13)18-11-20(27)25(24-18)16-7-5-14(6-8-16)17-9-10-19(26)23-22-17/h1-8,11,27H,9-10H2,(H,23,26). The first kappa shape index (κ1) is 16.5. The van der Waals surface area contributed by atoms with Crippen molar-refractivity contribution in [3.8, 4) is 28.9 Å². The van der Waals surface area contributed by atoms with E-state index in [0.717, 1.165) is 16.8 Å². The minimum absolute atomic E-state index is 0.0179. The number of carbonyl (C=O) groups is 1. The van der Waals surface area contributed by atoms with Crippen molar-refractivity contribution in [3.63, 3.8) is 0 Å². The zero-order valence-electron chi connectivity index (χ0n) is 14.3. The SMILES string of the molecule is N#Cc1ccc(-c2cc(O)n(-c3ccc(C4=NNC(=O)CC4)cc3)n2)cc1. The van der Waals surface area contributed by atoms with E-state index < -0.39 is 0 Å². The van der Waals surface area contributed by atoms with Crippen molar-refractivity contribution < 1.29 is 9.90 Å². The highest BCUT2D eigenvalue weighted by Gasteiger charge is 2.14. The van der Waals surface area contributed by atoms with E-state index in [4.69, 9.17) is 5.26 Å². The zero-order valence-corrected chi connectivity index (χ0v) is 14.3. The molecule has 4 rings (SSSR count). The number of aromatic nitrogens is 2. The Kier molecular flexibility index (Phi) is 4.15. The Hall–Kier alpha value is -3.92. The van der Waals surface area contributed by atoms with Crippen LogP contribution in [-0.2, 0) is 4.79 Å². The maximum absolute atomic E-state index is 11.2. The number of hydrogen-bond acceptors (Lipinski definition) is 5. The summed E-state index contributed by atoms with van der Waals surface area (Å²) in [5.41, 5.74) is 6.92. The van der Waals surface area contributed by atoms with Crippen LogP contribution in [0.25, 0.3) is 16.9 Å². The molecule has 0 unspecified atom stereocenters. The first-order chi connectivity index (χ1) is 13.1. The van der Waals surface area contributed by atoms with Crippen molar-refractivity contribution in [3.05, 3.63) is 65.7 Å². The van der Waals surface area contributed by atoms with Gasteiger partial charge in [-0.1, -0.05) is 24.3 Å². The van der Waals surface area contributed by atoms with E-state index in [9.17, 15) is 9.90 Å². The predicted octanol–water partition coefficient (Wildman–Crippen LogP) is 2.73. The summed E-state index contributed by atoms with van der Waals surface area (Å²) < 4.78 is 1.45. The fourth-order valence-electron chi connectivity index (χ4n) is 2.90. The molecule has 0 radical (unpaired) electrons. The lowest BCUT2D eigenvalue weighted by molar-refractivity contribution is -0.121. The van der Waals surface area contributed by atoms with Gasteiger partial charge in [0.25, 0.3) is 0 Å². The summed E-state index contributed by atoms with van der Waals surface area (Å²) in [6.07, 6.45) is 1.02. The molecule has 0 fully saturated rings. The first-order valence-corrected chi connectivity index (χ1v) is 8.40. The van der Waals surface area contributed by atoms with Gasteiger partial charge in [0.1, 0.15) is 0 Å². The third-order valence-corrected chi connectivity index (χ3v) is 4.35. The number of nitrogens with zero attached hydrogens (tertiary/aromatic N) is 4. The molecular weight excluding hydrogens is 342 g/mol. The number of hydrazone groups is 1. The molecule has 2 N–H and O–H groups in total. The monoisotopic (exact) mass is 357 g/mol. The molecule has 2 heterocycles. The van der Waals surface area contributed by atoms with Crippen molar-refractivity contribution >= 4 is 11.6 Å². The Morgan fingerprint density at radius 3 is 2.37 bits per heavy atom. The van der Waals surface area contributed by atoms with E-state index in [1.165, 1.54) is 4.68 Å². The number of benzene rings is 2. The Labute approximate surface area is 155 Å². The lowest BCUT2D eigenvalue weighted by Crippen LogP contribution is -2.25. The number of carbonyl (C=O) groups excluding carboxylic acids is 1. The summed E-state index contributed by atoms with van der Waals surface area (Å²) in [4.78, 5) is 11.2. The van der Waals surface area contributed by atoms with E-state index >= 15 is 0 Å². The van der Waals surface area contributed by atoms with Gasteiger partial charge in [0.05, 0.1) is 28.7 Å². The van der Waals surface area contributed by atoms with Crippen LogP contribution in [0.5, 0.6) is 5.88 Å². The number of amides is 1. The molecule has 7 heteroatoms. The van der Waals surface area contributed by atoms with Crippen LogP contribution in [0, 0.1) is 11.3 Å². The second kappa shape index (κ2) is 6.77. The largest absolute Gasteiger partial charge is 0.493 e. The molecule has 0 spiro atoms. The first-order valence-electron chi connectivity index (χ1n) is 8.40. The van der Waals surface area contributed by atoms with Crippen LogP contribution >= 0.6 is 0 Å². The molecule has 1 aliphatic rings. The molecule has 7 nitrogen and oxygen atoms in total. The van der Waals surface area contributed by atoms with Gasteiger partial charge in [0.2, 0.25) is 11.8 Å². The van der Waals surface area contributed by atoms with Gasteiger partial charge >= 0.3 is 0 Å². The molecule has 0 aliphatic carbocycles. The summed E-state index contributed by atoms with van der Waals surface area (Å²) in [6, 6.07) is 18.1. The number of nitrogens with one attached hydrogen (secondary N) is 1. The topological polar surface area (TPSA) is 103 Å². The molecule has 2 aromatic carbocycles. The molecular formula is C20H15N5O2. The van der Waals surface area contributed by atoms with Crippen molar-refractivity contribution in [2.24, 2.45) is 5.10 Å². The fraction of sp³-hybridized carbons (Fsp3) is 0.100. The van der Waals surface area contributed by atoms with Crippen LogP contribution in [0.3, 0.4) is 0 Å². The van der Waals surface area contributed by atoms with Crippen LogP contribution < -0.4 is 5.43 Å². The van der Waals surface area contributed by atoms with Gasteiger partial charge < -0.3 is 5.11 Å². The van der Waals surface area contributed by atoms with Gasteiger partial charge in [-0.25, -0.2) is 10.1 Å². The minimum Gasteiger partial charge on any atom is -0.493 e. The normalized spacial score (nSPS) is 13.6. The smallest absolute Gasteiger partial charge is 0.240 e. The van der Waals surface area contributed by atoms with E-state index in [0.29, 0.717) is 29.8 Å². The number of nitriles is 1. The maximum Gasteiger partial charge on any atom is 0.240 e. The molecule has 1 aliphatic heterocycles. The Morgan fingerprint density at radius 2 is 1.74 bits per heavy atom. The van der Waals surface area contributed by atoms with E-state index in [1.54, 1.807) is 30.3 Å². The average molecular weight is 357 g/mol. The summed E-state index contributed by atoms with van der Waals surface area (Å²) >= 11 is 0. The third kappa shape index (κ3) is 3.28. The summed E-state index contributed by atoms with van der Waals surface area (Å²) in [7, 11) is 0. The highest BCUT2D eigenvalue weighted by atomic mass is 16.3. The van der Waals surface area contributed by atoms with Crippen molar-refractivity contribution in [1.29, 1.82) is 5.26 Å². The van der Waals surface area contributed by atoms with Crippen LogP contribution in [0.1, 0.15) is 24.0 Å². The summed E-state index contributed by atoms with van der Waals surface area (Å²) in [6.45, 7) is 0. The number of aromatic hydroxyl groups is 1. The Morgan fingerprint density at radius 1 is 1.04 bits per heavy atom. The average Bonchev–Trinajstić information content (AvgIpc) is 3.10. The highest BCUT2D eigenvalue weighted by molar-refractivity contribution is 6.04. The molecule has 0 bridgehead atoms.